The fourth-order valence-corrected chi connectivity index (χ4v) is 2.80. The minimum absolute atomic E-state index is 0.0660. The monoisotopic (exact) mass is 381 g/mol. The van der Waals surface area contributed by atoms with E-state index in [1.807, 2.05) is 36.5 Å². The Hall–Kier alpha value is -3.32. The van der Waals surface area contributed by atoms with Gasteiger partial charge in [-0.05, 0) is 31.2 Å². The van der Waals surface area contributed by atoms with Crippen molar-refractivity contribution in [1.82, 2.24) is 9.66 Å². The molecule has 27 heavy (non-hydrogen) atoms. The maximum absolute atomic E-state index is 12.2. The first-order chi connectivity index (χ1) is 13.2. The highest BCUT2D eigenvalue weighted by Gasteiger charge is 2.27. The number of nitrogens with zero attached hydrogens (tertiary/aromatic N) is 4. The zero-order chi connectivity index (χ0) is 18.8. The van der Waals surface area contributed by atoms with Gasteiger partial charge >= 0.3 is 5.97 Å². The molecule has 1 aliphatic rings. The van der Waals surface area contributed by atoms with Gasteiger partial charge in [0.2, 0.25) is 0 Å². The lowest BCUT2D eigenvalue weighted by molar-refractivity contribution is -0.135. The van der Waals surface area contributed by atoms with Crippen molar-refractivity contribution in [3.63, 3.8) is 0 Å². The van der Waals surface area contributed by atoms with E-state index in [1.165, 1.54) is 0 Å². The lowest BCUT2D eigenvalue weighted by Crippen LogP contribution is -2.39. The van der Waals surface area contributed by atoms with Crippen LogP contribution < -0.4 is 10.4 Å². The third-order valence-corrected chi connectivity index (χ3v) is 4.16. The topological polar surface area (TPSA) is 71.8 Å². The number of amidine groups is 1. The number of hydrogen-bond acceptors (Lipinski definition) is 6. The van der Waals surface area contributed by atoms with Crippen molar-refractivity contribution in [2.75, 3.05) is 17.0 Å². The summed E-state index contributed by atoms with van der Waals surface area (Å²) in [6.45, 7) is 2.00. The van der Waals surface area contributed by atoms with Crippen LogP contribution >= 0.6 is 11.6 Å². The molecule has 0 radical (unpaired) electrons. The van der Waals surface area contributed by atoms with E-state index in [9.17, 15) is 4.79 Å². The largest absolute Gasteiger partial charge is 0.460 e. The van der Waals surface area contributed by atoms with E-state index in [0.29, 0.717) is 16.7 Å². The van der Waals surface area contributed by atoms with Crippen LogP contribution in [0.4, 0.5) is 11.6 Å². The second-order valence-corrected chi connectivity index (χ2v) is 6.17. The van der Waals surface area contributed by atoms with E-state index in [0.717, 1.165) is 11.3 Å². The maximum atomic E-state index is 12.2. The Morgan fingerprint density at radius 3 is 2.59 bits per heavy atom. The van der Waals surface area contributed by atoms with Crippen LogP contribution in [0, 0.1) is 0 Å². The molecule has 8 heteroatoms. The van der Waals surface area contributed by atoms with Crippen LogP contribution in [0.3, 0.4) is 0 Å². The van der Waals surface area contributed by atoms with Gasteiger partial charge in [-0.25, -0.2) is 14.5 Å². The number of hydrazone groups is 1. The summed E-state index contributed by atoms with van der Waals surface area (Å²) in [5, 5.41) is 6.57. The van der Waals surface area contributed by atoms with Crippen molar-refractivity contribution in [2.45, 2.75) is 6.92 Å². The van der Waals surface area contributed by atoms with Gasteiger partial charge in [-0.1, -0.05) is 41.9 Å². The van der Waals surface area contributed by atoms with Crippen LogP contribution in [0.2, 0.25) is 5.02 Å². The number of rotatable bonds is 4. The van der Waals surface area contributed by atoms with E-state index in [4.69, 9.17) is 16.3 Å². The summed E-state index contributed by atoms with van der Waals surface area (Å²) in [7, 11) is 0. The summed E-state index contributed by atoms with van der Waals surface area (Å²) in [5.41, 5.74) is 5.36. The predicted molar refractivity (Wildman–Crippen MR) is 105 cm³/mol. The molecule has 0 saturated heterocycles. The molecule has 136 valence electrons. The molecule has 0 amide bonds. The van der Waals surface area contributed by atoms with Gasteiger partial charge in [0, 0.05) is 10.6 Å². The molecule has 0 bridgehead atoms. The van der Waals surface area contributed by atoms with Crippen molar-refractivity contribution in [1.29, 1.82) is 0 Å². The van der Waals surface area contributed by atoms with Crippen LogP contribution in [0.25, 0.3) is 11.3 Å². The van der Waals surface area contributed by atoms with Gasteiger partial charge in [-0.3, -0.25) is 5.43 Å². The van der Waals surface area contributed by atoms with E-state index in [1.54, 1.807) is 40.9 Å². The van der Waals surface area contributed by atoms with Crippen molar-refractivity contribution >= 4 is 35.0 Å². The third kappa shape index (κ3) is 3.37. The zero-order valence-electron chi connectivity index (χ0n) is 14.5. The molecule has 1 aliphatic heterocycles. The fraction of sp³-hybridized carbons (Fsp3) is 0.105. The highest BCUT2D eigenvalue weighted by atomic mass is 35.5. The molecule has 2 heterocycles. The maximum Gasteiger partial charge on any atom is 0.377 e. The van der Waals surface area contributed by atoms with Gasteiger partial charge in [-0.2, -0.15) is 5.01 Å². The molecule has 4 rings (SSSR count). The van der Waals surface area contributed by atoms with Crippen LogP contribution in [0.1, 0.15) is 6.92 Å². The Kier molecular flexibility index (Phi) is 4.52. The van der Waals surface area contributed by atoms with Crippen molar-refractivity contribution in [2.24, 2.45) is 5.10 Å². The lowest BCUT2D eigenvalue weighted by Gasteiger charge is -2.25. The molecule has 1 N–H and O–H groups in total. The predicted octanol–water partition coefficient (Wildman–Crippen LogP) is 3.78. The number of halogens is 1. The van der Waals surface area contributed by atoms with Crippen molar-refractivity contribution in [3.05, 3.63) is 65.8 Å². The number of benzene rings is 2. The molecule has 0 spiro atoms. The summed E-state index contributed by atoms with van der Waals surface area (Å²) < 4.78 is 6.73. The quantitative estimate of drug-likeness (QED) is 0.696. The Bertz CT molecular complexity index is 999. The van der Waals surface area contributed by atoms with Gasteiger partial charge in [0.25, 0.3) is 11.8 Å². The van der Waals surface area contributed by atoms with E-state index >= 15 is 0 Å². The molecule has 0 unspecified atom stereocenters. The molecule has 0 saturated carbocycles. The second-order valence-electron chi connectivity index (χ2n) is 5.73. The molecule has 2 aromatic carbocycles. The number of imidazole rings is 1. The summed E-state index contributed by atoms with van der Waals surface area (Å²) in [5.74, 6) is 0.0395. The average Bonchev–Trinajstić information content (AvgIpc) is 3.13. The van der Waals surface area contributed by atoms with E-state index in [2.05, 4.69) is 15.5 Å². The number of aromatic nitrogens is 2. The molecule has 3 aromatic rings. The smallest absolute Gasteiger partial charge is 0.377 e. The molecular weight excluding hydrogens is 366 g/mol. The van der Waals surface area contributed by atoms with Gasteiger partial charge in [0.1, 0.15) is 0 Å². The summed E-state index contributed by atoms with van der Waals surface area (Å²) >= 11 is 5.99. The average molecular weight is 382 g/mol. The standard InChI is InChI=1S/C19H16ClN5O2/c1-2-27-18(26)17-22-24-12-16(13-6-4-3-5-7-13)21-19(24)25(23-17)15-10-8-14(20)9-11-15/h3-12H,2H2,1H3,(H,22,23). The number of anilines is 2. The number of carbonyl (C=O) groups excluding carboxylic acids is 1. The normalized spacial score (nSPS) is 12.8. The SMILES string of the molecule is CCOC(=O)C1=NN(c2ccc(Cl)cc2)c2nc(-c3ccccc3)cn2N1. The molecule has 7 nitrogen and oxygen atoms in total. The summed E-state index contributed by atoms with van der Waals surface area (Å²) in [4.78, 5) is 16.9. The van der Waals surface area contributed by atoms with E-state index < -0.39 is 5.97 Å². The molecule has 0 aliphatic carbocycles. The van der Waals surface area contributed by atoms with Crippen LogP contribution in [0.5, 0.6) is 0 Å². The lowest BCUT2D eigenvalue weighted by atomic mass is 10.2. The first-order valence-electron chi connectivity index (χ1n) is 8.39. The second kappa shape index (κ2) is 7.13. The Balaban J connectivity index is 1.79. The number of fused-ring (bicyclic) bond motifs is 1. The summed E-state index contributed by atoms with van der Waals surface area (Å²) in [6.07, 6.45) is 1.81. The third-order valence-electron chi connectivity index (χ3n) is 3.91. The molecular formula is C19H16ClN5O2. The van der Waals surface area contributed by atoms with Gasteiger partial charge in [0.05, 0.1) is 24.2 Å². The number of esters is 1. The molecule has 0 fully saturated rings. The fourth-order valence-electron chi connectivity index (χ4n) is 2.67. The van der Waals surface area contributed by atoms with Crippen LogP contribution in [-0.2, 0) is 9.53 Å². The van der Waals surface area contributed by atoms with Gasteiger partial charge in [0.15, 0.2) is 0 Å². The van der Waals surface area contributed by atoms with Crippen molar-refractivity contribution < 1.29 is 9.53 Å². The number of ether oxygens (including phenoxy) is 1. The van der Waals surface area contributed by atoms with Gasteiger partial charge in [-0.15, -0.1) is 5.10 Å². The van der Waals surface area contributed by atoms with Gasteiger partial charge < -0.3 is 4.74 Å². The number of nitrogens with one attached hydrogen (secondary N) is 1. The minimum atomic E-state index is -0.544. The summed E-state index contributed by atoms with van der Waals surface area (Å²) in [6, 6.07) is 16.9. The van der Waals surface area contributed by atoms with Crippen LogP contribution in [0.15, 0.2) is 65.9 Å². The minimum Gasteiger partial charge on any atom is -0.460 e. The Morgan fingerprint density at radius 2 is 1.89 bits per heavy atom. The zero-order valence-corrected chi connectivity index (χ0v) is 15.2. The first kappa shape index (κ1) is 17.1. The number of hydrogen-bond donors (Lipinski definition) is 1. The first-order valence-corrected chi connectivity index (χ1v) is 8.77. The number of carbonyl (C=O) groups is 1. The molecule has 0 atom stereocenters. The highest BCUT2D eigenvalue weighted by Crippen LogP contribution is 2.30. The Morgan fingerprint density at radius 1 is 1.15 bits per heavy atom. The Labute approximate surface area is 160 Å². The van der Waals surface area contributed by atoms with Crippen LogP contribution in [-0.4, -0.2) is 28.1 Å². The highest BCUT2D eigenvalue weighted by molar-refractivity contribution is 6.39. The molecule has 1 aromatic heterocycles. The van der Waals surface area contributed by atoms with E-state index in [-0.39, 0.29) is 12.4 Å². The van der Waals surface area contributed by atoms with Crippen molar-refractivity contribution in [3.8, 4) is 11.3 Å².